The first-order valence-corrected chi connectivity index (χ1v) is 8.69. The van der Waals surface area contributed by atoms with Gasteiger partial charge in [0.15, 0.2) is 11.4 Å². The molecule has 1 atom stereocenters. The molecule has 0 radical (unpaired) electrons. The summed E-state index contributed by atoms with van der Waals surface area (Å²) in [6, 6.07) is 5.70. The van der Waals surface area contributed by atoms with Crippen LogP contribution in [-0.2, 0) is 6.54 Å². The molecule has 3 aromatic rings. The van der Waals surface area contributed by atoms with Gasteiger partial charge in [-0.15, -0.1) is 12.4 Å². The van der Waals surface area contributed by atoms with Gasteiger partial charge in [-0.3, -0.25) is 14.7 Å². The van der Waals surface area contributed by atoms with E-state index in [4.69, 9.17) is 4.52 Å². The van der Waals surface area contributed by atoms with Gasteiger partial charge in [0.25, 0.3) is 5.56 Å². The Morgan fingerprint density at radius 2 is 2.11 bits per heavy atom. The molecule has 2 N–H and O–H groups in total. The number of H-pyrrole nitrogens is 1. The average molecular weight is 392 g/mol. The number of fused-ring (bicyclic) bond motifs is 1. The van der Waals surface area contributed by atoms with E-state index in [1.807, 2.05) is 13.0 Å². The maximum atomic E-state index is 12.1. The molecule has 1 aliphatic rings. The highest BCUT2D eigenvalue weighted by atomic mass is 35.5. The maximum absolute atomic E-state index is 12.1. The van der Waals surface area contributed by atoms with E-state index >= 15 is 0 Å². The molecule has 4 rings (SSSR count). The maximum Gasteiger partial charge on any atom is 0.334 e. The molecular formula is C18H22ClN5O3. The standard InChI is InChI=1S/C18H21N5O3.ClH/c1-11-9-22(8-6-19-11)10-13-3-4-14-16(12(13)2)17(21-26-14)23-7-5-15(24)20-18(23)25;/h3-5,7,11,19H,6,8-10H2,1-2H3,(H,20,24,25);1H. The zero-order chi connectivity index (χ0) is 18.3. The van der Waals surface area contributed by atoms with Gasteiger partial charge in [-0.25, -0.2) is 9.36 Å². The first kappa shape index (κ1) is 19.3. The molecule has 1 aliphatic heterocycles. The molecule has 1 aromatic carbocycles. The third-order valence-corrected chi connectivity index (χ3v) is 4.89. The normalized spacial score (nSPS) is 17.8. The molecule has 0 amide bonds. The van der Waals surface area contributed by atoms with E-state index in [1.165, 1.54) is 22.4 Å². The highest BCUT2D eigenvalue weighted by molar-refractivity contribution is 5.88. The second-order valence-corrected chi connectivity index (χ2v) is 6.80. The van der Waals surface area contributed by atoms with Crippen molar-refractivity contribution in [2.24, 2.45) is 0 Å². The highest BCUT2D eigenvalue weighted by Crippen LogP contribution is 2.28. The van der Waals surface area contributed by atoms with Crippen molar-refractivity contribution in [1.82, 2.24) is 24.9 Å². The first-order valence-electron chi connectivity index (χ1n) is 8.69. The van der Waals surface area contributed by atoms with Crippen molar-refractivity contribution < 1.29 is 4.52 Å². The topological polar surface area (TPSA) is 96.2 Å². The van der Waals surface area contributed by atoms with E-state index in [-0.39, 0.29) is 12.4 Å². The Hall–Kier alpha value is -2.42. The predicted molar refractivity (Wildman–Crippen MR) is 105 cm³/mol. The van der Waals surface area contributed by atoms with Gasteiger partial charge in [-0.1, -0.05) is 11.2 Å². The van der Waals surface area contributed by atoms with E-state index in [9.17, 15) is 9.59 Å². The van der Waals surface area contributed by atoms with Gasteiger partial charge in [0, 0.05) is 44.5 Å². The molecule has 1 unspecified atom stereocenters. The summed E-state index contributed by atoms with van der Waals surface area (Å²) in [6.45, 7) is 8.00. The third-order valence-electron chi connectivity index (χ3n) is 4.89. The molecule has 3 heterocycles. The Morgan fingerprint density at radius 1 is 1.30 bits per heavy atom. The lowest BCUT2D eigenvalue weighted by molar-refractivity contribution is 0.199. The fraction of sp³-hybridized carbons (Fsp3) is 0.389. The van der Waals surface area contributed by atoms with Crippen LogP contribution in [0.15, 0.2) is 38.5 Å². The molecule has 1 saturated heterocycles. The number of aryl methyl sites for hydroxylation is 1. The van der Waals surface area contributed by atoms with Crippen LogP contribution < -0.4 is 16.6 Å². The summed E-state index contributed by atoms with van der Waals surface area (Å²) in [6.07, 6.45) is 1.42. The first-order chi connectivity index (χ1) is 12.5. The van der Waals surface area contributed by atoms with Gasteiger partial charge in [0.2, 0.25) is 0 Å². The summed E-state index contributed by atoms with van der Waals surface area (Å²) in [5.74, 6) is 0.397. The highest BCUT2D eigenvalue weighted by Gasteiger charge is 2.20. The Morgan fingerprint density at radius 3 is 2.85 bits per heavy atom. The summed E-state index contributed by atoms with van der Waals surface area (Å²) in [4.78, 5) is 28.1. The summed E-state index contributed by atoms with van der Waals surface area (Å²) in [5.41, 5.74) is 1.85. The van der Waals surface area contributed by atoms with E-state index in [0.717, 1.165) is 37.1 Å². The fourth-order valence-corrected chi connectivity index (χ4v) is 3.54. The smallest absolute Gasteiger partial charge is 0.334 e. The van der Waals surface area contributed by atoms with Crippen molar-refractivity contribution in [3.8, 4) is 5.82 Å². The zero-order valence-electron chi connectivity index (χ0n) is 15.2. The Bertz CT molecular complexity index is 1070. The number of hydrogen-bond acceptors (Lipinski definition) is 6. The number of halogens is 1. The number of piperazine rings is 1. The lowest BCUT2D eigenvalue weighted by Gasteiger charge is -2.32. The second kappa shape index (κ2) is 7.67. The molecule has 0 aliphatic carbocycles. The summed E-state index contributed by atoms with van der Waals surface area (Å²) < 4.78 is 6.71. The van der Waals surface area contributed by atoms with E-state index < -0.39 is 11.2 Å². The second-order valence-electron chi connectivity index (χ2n) is 6.80. The molecule has 0 saturated carbocycles. The van der Waals surface area contributed by atoms with Crippen LogP contribution in [0.25, 0.3) is 16.8 Å². The van der Waals surface area contributed by atoms with Crippen LogP contribution in [0.4, 0.5) is 0 Å². The van der Waals surface area contributed by atoms with Crippen molar-refractivity contribution in [2.45, 2.75) is 26.4 Å². The minimum Gasteiger partial charge on any atom is -0.354 e. The SMILES string of the molecule is Cc1c(CN2CCNC(C)C2)ccc2onc(-n3ccc(=O)[nH]c3=O)c12.Cl. The molecule has 9 heteroatoms. The number of rotatable bonds is 3. The van der Waals surface area contributed by atoms with Gasteiger partial charge < -0.3 is 9.84 Å². The number of nitrogens with zero attached hydrogens (tertiary/aromatic N) is 3. The number of aromatic nitrogens is 3. The van der Waals surface area contributed by atoms with Gasteiger partial charge in [0.1, 0.15) is 0 Å². The van der Waals surface area contributed by atoms with Gasteiger partial charge in [-0.2, -0.15) is 0 Å². The fourth-order valence-electron chi connectivity index (χ4n) is 3.54. The minimum absolute atomic E-state index is 0. The Labute approximate surface area is 161 Å². The molecular weight excluding hydrogens is 370 g/mol. The molecule has 0 spiro atoms. The minimum atomic E-state index is -0.534. The lowest BCUT2D eigenvalue weighted by Crippen LogP contribution is -2.48. The van der Waals surface area contributed by atoms with E-state index in [1.54, 1.807) is 0 Å². The van der Waals surface area contributed by atoms with Crippen molar-refractivity contribution >= 4 is 23.4 Å². The molecule has 144 valence electrons. The largest absolute Gasteiger partial charge is 0.354 e. The molecule has 2 aromatic heterocycles. The van der Waals surface area contributed by atoms with Gasteiger partial charge >= 0.3 is 5.69 Å². The van der Waals surface area contributed by atoms with Crippen LogP contribution in [0.3, 0.4) is 0 Å². The van der Waals surface area contributed by atoms with Crippen molar-refractivity contribution in [3.05, 3.63) is 56.4 Å². The van der Waals surface area contributed by atoms with Crippen LogP contribution >= 0.6 is 12.4 Å². The number of nitrogens with one attached hydrogen (secondary N) is 2. The van der Waals surface area contributed by atoms with Crippen LogP contribution in [0.2, 0.25) is 0 Å². The Balaban J connectivity index is 0.00000210. The van der Waals surface area contributed by atoms with Crippen molar-refractivity contribution in [3.63, 3.8) is 0 Å². The lowest BCUT2D eigenvalue weighted by atomic mass is 10.0. The number of aromatic amines is 1. The average Bonchev–Trinajstić information content (AvgIpc) is 3.02. The quantitative estimate of drug-likeness (QED) is 0.696. The van der Waals surface area contributed by atoms with Crippen molar-refractivity contribution in [1.29, 1.82) is 0 Å². The van der Waals surface area contributed by atoms with E-state index in [0.29, 0.717) is 17.4 Å². The third kappa shape index (κ3) is 3.69. The van der Waals surface area contributed by atoms with Gasteiger partial charge in [-0.05, 0) is 31.0 Å². The predicted octanol–water partition coefficient (Wildman–Crippen LogP) is 1.19. The molecule has 0 bridgehead atoms. The molecule has 27 heavy (non-hydrogen) atoms. The van der Waals surface area contributed by atoms with Crippen LogP contribution in [0.1, 0.15) is 18.1 Å². The molecule has 1 fully saturated rings. The number of hydrogen-bond donors (Lipinski definition) is 2. The number of benzene rings is 1. The Kier molecular flexibility index (Phi) is 5.50. The van der Waals surface area contributed by atoms with Crippen LogP contribution in [0, 0.1) is 6.92 Å². The van der Waals surface area contributed by atoms with E-state index in [2.05, 4.69) is 33.3 Å². The summed E-state index contributed by atoms with van der Waals surface area (Å²) in [5, 5.41) is 8.30. The summed E-state index contributed by atoms with van der Waals surface area (Å²) in [7, 11) is 0. The van der Waals surface area contributed by atoms with Crippen LogP contribution in [0.5, 0.6) is 0 Å². The summed E-state index contributed by atoms with van der Waals surface area (Å²) >= 11 is 0. The molecule has 8 nitrogen and oxygen atoms in total. The monoisotopic (exact) mass is 391 g/mol. The van der Waals surface area contributed by atoms with Gasteiger partial charge in [0.05, 0.1) is 5.39 Å². The van der Waals surface area contributed by atoms with Crippen LogP contribution in [-0.4, -0.2) is 45.3 Å². The van der Waals surface area contributed by atoms with Crippen molar-refractivity contribution in [2.75, 3.05) is 19.6 Å². The zero-order valence-corrected chi connectivity index (χ0v) is 16.0.